The first-order valence-corrected chi connectivity index (χ1v) is 8.19. The van der Waals surface area contributed by atoms with Gasteiger partial charge in [0.25, 0.3) is 0 Å². The molecule has 5 nitrogen and oxygen atoms in total. The summed E-state index contributed by atoms with van der Waals surface area (Å²) in [4.78, 5) is 16.3. The molecule has 5 rings (SSSR count). The predicted molar refractivity (Wildman–Crippen MR) is 95.3 cm³/mol. The molecule has 3 heterocycles. The van der Waals surface area contributed by atoms with Crippen molar-refractivity contribution >= 4 is 27.9 Å². The quantitative estimate of drug-likeness (QED) is 0.569. The van der Waals surface area contributed by atoms with Crippen LogP contribution in [0.3, 0.4) is 0 Å². The molecule has 1 aliphatic heterocycles. The Labute approximate surface area is 139 Å². The van der Waals surface area contributed by atoms with Gasteiger partial charge in [-0.1, -0.05) is 24.3 Å². The second kappa shape index (κ2) is 5.03. The van der Waals surface area contributed by atoms with E-state index in [1.54, 1.807) is 0 Å². The van der Waals surface area contributed by atoms with Crippen LogP contribution in [-0.4, -0.2) is 32.6 Å². The molecule has 1 saturated heterocycles. The van der Waals surface area contributed by atoms with Crippen LogP contribution in [0.5, 0.6) is 0 Å². The normalized spacial score (nSPS) is 15.1. The number of imidazole rings is 1. The van der Waals surface area contributed by atoms with Gasteiger partial charge in [0.15, 0.2) is 5.82 Å². The zero-order chi connectivity index (χ0) is 16.1. The van der Waals surface area contributed by atoms with Gasteiger partial charge in [0.2, 0.25) is 0 Å². The van der Waals surface area contributed by atoms with E-state index in [2.05, 4.69) is 32.7 Å². The largest absolute Gasteiger partial charge is 0.351 e. The lowest BCUT2D eigenvalue weighted by Crippen LogP contribution is -2.48. The van der Waals surface area contributed by atoms with Crippen LogP contribution in [0.2, 0.25) is 0 Å². The van der Waals surface area contributed by atoms with E-state index in [0.717, 1.165) is 41.2 Å². The van der Waals surface area contributed by atoms with Crippen LogP contribution < -0.4 is 4.90 Å². The van der Waals surface area contributed by atoms with Gasteiger partial charge in [-0.05, 0) is 31.2 Å². The van der Waals surface area contributed by atoms with E-state index in [1.165, 1.54) is 5.52 Å². The zero-order valence-corrected chi connectivity index (χ0v) is 13.4. The minimum absolute atomic E-state index is 0.435. The number of nitrogens with zero attached hydrogens (tertiary/aromatic N) is 5. The molecule has 0 spiro atoms. The molecule has 0 unspecified atom stereocenters. The standard InChI is InChI=1S/C19H17N5/c1-13-19(22-16-7-3-2-6-15(16)21-13)23-10-14(11-23)24-12-20-17-8-4-5-9-18(17)24/h2-9,12,14H,10-11H2,1H3. The van der Waals surface area contributed by atoms with Crippen LogP contribution >= 0.6 is 0 Å². The molecule has 0 N–H and O–H groups in total. The number of rotatable bonds is 2. The number of aryl methyl sites for hydroxylation is 1. The molecule has 4 aromatic rings. The van der Waals surface area contributed by atoms with Crippen molar-refractivity contribution in [3.05, 3.63) is 60.6 Å². The Kier molecular flexibility index (Phi) is 2.82. The van der Waals surface area contributed by atoms with Crippen LogP contribution in [0, 0.1) is 6.92 Å². The molecule has 0 bridgehead atoms. The summed E-state index contributed by atoms with van der Waals surface area (Å²) in [5.41, 5.74) is 5.15. The van der Waals surface area contributed by atoms with E-state index in [4.69, 9.17) is 9.97 Å². The number of benzene rings is 2. The first-order valence-electron chi connectivity index (χ1n) is 8.19. The highest BCUT2D eigenvalue weighted by molar-refractivity contribution is 5.77. The molecule has 2 aromatic carbocycles. The van der Waals surface area contributed by atoms with E-state index in [0.29, 0.717) is 6.04 Å². The SMILES string of the molecule is Cc1nc2ccccc2nc1N1CC(n2cnc3ccccc32)C1. The third-order valence-electron chi connectivity index (χ3n) is 4.76. The highest BCUT2D eigenvalue weighted by Crippen LogP contribution is 2.31. The topological polar surface area (TPSA) is 46.8 Å². The lowest BCUT2D eigenvalue weighted by molar-refractivity contribution is 0.404. The van der Waals surface area contributed by atoms with Crippen molar-refractivity contribution in [3.8, 4) is 0 Å². The Bertz CT molecular complexity index is 1050. The van der Waals surface area contributed by atoms with Gasteiger partial charge in [-0.25, -0.2) is 15.0 Å². The van der Waals surface area contributed by atoms with Crippen LogP contribution in [0.1, 0.15) is 11.7 Å². The monoisotopic (exact) mass is 315 g/mol. The summed E-state index contributed by atoms with van der Waals surface area (Å²) in [6.07, 6.45) is 1.95. The Morgan fingerprint density at radius 2 is 1.54 bits per heavy atom. The zero-order valence-electron chi connectivity index (χ0n) is 13.4. The summed E-state index contributed by atoms with van der Waals surface area (Å²) in [7, 11) is 0. The van der Waals surface area contributed by atoms with Gasteiger partial charge in [0.1, 0.15) is 0 Å². The van der Waals surface area contributed by atoms with E-state index in [1.807, 2.05) is 43.6 Å². The molecule has 0 amide bonds. The molecule has 1 aliphatic rings. The van der Waals surface area contributed by atoms with Crippen molar-refractivity contribution in [2.24, 2.45) is 0 Å². The minimum Gasteiger partial charge on any atom is -0.351 e. The Hall–Kier alpha value is -2.95. The van der Waals surface area contributed by atoms with Gasteiger partial charge in [0.05, 0.1) is 40.1 Å². The van der Waals surface area contributed by atoms with E-state index < -0.39 is 0 Å². The van der Waals surface area contributed by atoms with Crippen molar-refractivity contribution in [2.75, 3.05) is 18.0 Å². The van der Waals surface area contributed by atoms with Gasteiger partial charge in [-0.15, -0.1) is 0 Å². The van der Waals surface area contributed by atoms with Crippen molar-refractivity contribution in [1.29, 1.82) is 0 Å². The number of hydrogen-bond donors (Lipinski definition) is 0. The van der Waals surface area contributed by atoms with Gasteiger partial charge >= 0.3 is 0 Å². The first-order chi connectivity index (χ1) is 11.8. The van der Waals surface area contributed by atoms with Crippen molar-refractivity contribution in [1.82, 2.24) is 19.5 Å². The second-order valence-electron chi connectivity index (χ2n) is 6.32. The number of anilines is 1. The fourth-order valence-electron chi connectivity index (χ4n) is 3.45. The summed E-state index contributed by atoms with van der Waals surface area (Å²) in [5.74, 6) is 0.995. The fourth-order valence-corrected chi connectivity index (χ4v) is 3.45. The average Bonchev–Trinajstić information content (AvgIpc) is 2.98. The molecule has 5 heteroatoms. The van der Waals surface area contributed by atoms with Crippen molar-refractivity contribution < 1.29 is 0 Å². The Morgan fingerprint density at radius 3 is 2.33 bits per heavy atom. The van der Waals surface area contributed by atoms with Crippen LogP contribution in [0.15, 0.2) is 54.9 Å². The highest BCUT2D eigenvalue weighted by atomic mass is 15.3. The van der Waals surface area contributed by atoms with Crippen molar-refractivity contribution in [3.63, 3.8) is 0 Å². The summed E-state index contributed by atoms with van der Waals surface area (Å²) in [6.45, 7) is 3.91. The van der Waals surface area contributed by atoms with E-state index in [9.17, 15) is 0 Å². The number of fused-ring (bicyclic) bond motifs is 2. The number of aromatic nitrogens is 4. The average molecular weight is 315 g/mol. The lowest BCUT2D eigenvalue weighted by atomic mass is 10.1. The van der Waals surface area contributed by atoms with Crippen LogP contribution in [-0.2, 0) is 0 Å². The molecule has 2 aromatic heterocycles. The van der Waals surface area contributed by atoms with Crippen molar-refractivity contribution in [2.45, 2.75) is 13.0 Å². The van der Waals surface area contributed by atoms with Crippen LogP contribution in [0.4, 0.5) is 5.82 Å². The second-order valence-corrected chi connectivity index (χ2v) is 6.32. The predicted octanol–water partition coefficient (Wildman–Crippen LogP) is 3.35. The minimum atomic E-state index is 0.435. The maximum Gasteiger partial charge on any atom is 0.150 e. The summed E-state index contributed by atoms with van der Waals surface area (Å²) < 4.78 is 2.27. The Balaban J connectivity index is 1.44. The molecule has 24 heavy (non-hydrogen) atoms. The van der Waals surface area contributed by atoms with Gasteiger partial charge in [0, 0.05) is 13.1 Å². The molecule has 1 fully saturated rings. The molecule has 0 radical (unpaired) electrons. The molecular formula is C19H17N5. The Morgan fingerprint density at radius 1 is 0.875 bits per heavy atom. The smallest absolute Gasteiger partial charge is 0.150 e. The fraction of sp³-hybridized carbons (Fsp3) is 0.211. The lowest BCUT2D eigenvalue weighted by Gasteiger charge is -2.41. The summed E-state index contributed by atoms with van der Waals surface area (Å²) in [6, 6.07) is 16.8. The van der Waals surface area contributed by atoms with Gasteiger partial charge in [-0.3, -0.25) is 0 Å². The van der Waals surface area contributed by atoms with E-state index in [-0.39, 0.29) is 0 Å². The summed E-state index contributed by atoms with van der Waals surface area (Å²) in [5, 5.41) is 0. The highest BCUT2D eigenvalue weighted by Gasteiger charge is 2.31. The molecule has 118 valence electrons. The molecule has 0 aliphatic carbocycles. The summed E-state index contributed by atoms with van der Waals surface area (Å²) >= 11 is 0. The van der Waals surface area contributed by atoms with Gasteiger partial charge in [-0.2, -0.15) is 0 Å². The maximum absolute atomic E-state index is 4.81. The molecule has 0 saturated carbocycles. The maximum atomic E-state index is 4.81. The molecular weight excluding hydrogens is 298 g/mol. The number of hydrogen-bond acceptors (Lipinski definition) is 4. The van der Waals surface area contributed by atoms with Crippen LogP contribution in [0.25, 0.3) is 22.1 Å². The third-order valence-corrected chi connectivity index (χ3v) is 4.76. The molecule has 0 atom stereocenters. The third kappa shape index (κ3) is 1.98. The van der Waals surface area contributed by atoms with E-state index >= 15 is 0 Å². The first kappa shape index (κ1) is 13.5. The van der Waals surface area contributed by atoms with Gasteiger partial charge < -0.3 is 9.47 Å². The number of para-hydroxylation sites is 4.